The molecule has 1 fully saturated rings. The molecule has 0 spiro atoms. The van der Waals surface area contributed by atoms with Gasteiger partial charge in [-0.05, 0) is 49.3 Å². The SMILES string of the molecule is CCC(C)c1ccc(NC(N)=NCCCC(=O)NC2CC2)cc1.I. The Balaban J connectivity index is 0.00000288. The molecular weight excluding hydrogens is 415 g/mol. The predicted octanol–water partition coefficient (Wildman–Crippen LogP) is 3.60. The summed E-state index contributed by atoms with van der Waals surface area (Å²) in [6.45, 7) is 4.96. The van der Waals surface area contributed by atoms with Gasteiger partial charge in [0.25, 0.3) is 0 Å². The number of rotatable bonds is 8. The number of hydrogen-bond donors (Lipinski definition) is 3. The lowest BCUT2D eigenvalue weighted by Crippen LogP contribution is -2.25. The molecule has 1 unspecified atom stereocenters. The van der Waals surface area contributed by atoms with Gasteiger partial charge in [-0.2, -0.15) is 0 Å². The van der Waals surface area contributed by atoms with Crippen molar-refractivity contribution in [2.45, 2.75) is 57.9 Å². The molecule has 24 heavy (non-hydrogen) atoms. The fourth-order valence-electron chi connectivity index (χ4n) is 2.28. The van der Waals surface area contributed by atoms with Gasteiger partial charge in [-0.1, -0.05) is 26.0 Å². The number of carbonyl (C=O) groups excluding carboxylic acids is 1. The Bertz CT molecular complexity index is 540. The van der Waals surface area contributed by atoms with E-state index in [4.69, 9.17) is 5.73 Å². The molecule has 6 heteroatoms. The van der Waals surface area contributed by atoms with Gasteiger partial charge < -0.3 is 16.4 Å². The topological polar surface area (TPSA) is 79.5 Å². The van der Waals surface area contributed by atoms with Gasteiger partial charge in [-0.3, -0.25) is 9.79 Å². The molecule has 1 amide bonds. The largest absolute Gasteiger partial charge is 0.370 e. The van der Waals surface area contributed by atoms with E-state index in [1.54, 1.807) is 0 Å². The number of nitrogens with one attached hydrogen (secondary N) is 2. The third-order valence-corrected chi connectivity index (χ3v) is 4.15. The monoisotopic (exact) mass is 444 g/mol. The van der Waals surface area contributed by atoms with Crippen molar-refractivity contribution in [2.24, 2.45) is 10.7 Å². The lowest BCUT2D eigenvalue weighted by atomic mass is 9.99. The van der Waals surface area contributed by atoms with Gasteiger partial charge in [0.05, 0.1) is 0 Å². The van der Waals surface area contributed by atoms with Crippen LogP contribution in [0.3, 0.4) is 0 Å². The van der Waals surface area contributed by atoms with Crippen molar-refractivity contribution in [3.63, 3.8) is 0 Å². The van der Waals surface area contributed by atoms with E-state index in [9.17, 15) is 4.79 Å². The van der Waals surface area contributed by atoms with E-state index < -0.39 is 0 Å². The second-order valence-electron chi connectivity index (χ2n) is 6.27. The quantitative estimate of drug-likeness (QED) is 0.248. The first kappa shape index (κ1) is 20.7. The van der Waals surface area contributed by atoms with E-state index in [1.807, 2.05) is 12.1 Å². The minimum absolute atomic E-state index is 0. The lowest BCUT2D eigenvalue weighted by Gasteiger charge is -2.10. The van der Waals surface area contributed by atoms with Gasteiger partial charge in [-0.25, -0.2) is 0 Å². The Morgan fingerprint density at radius 2 is 2.00 bits per heavy atom. The summed E-state index contributed by atoms with van der Waals surface area (Å²) in [4.78, 5) is 15.8. The molecule has 4 N–H and O–H groups in total. The average Bonchev–Trinajstić information content (AvgIpc) is 3.35. The Morgan fingerprint density at radius 1 is 1.33 bits per heavy atom. The fraction of sp³-hybridized carbons (Fsp3) is 0.556. The molecule has 1 aliphatic rings. The molecule has 0 radical (unpaired) electrons. The molecule has 0 saturated heterocycles. The van der Waals surface area contributed by atoms with Crippen LogP contribution in [0.4, 0.5) is 5.69 Å². The fourth-order valence-corrected chi connectivity index (χ4v) is 2.28. The zero-order valence-electron chi connectivity index (χ0n) is 14.5. The van der Waals surface area contributed by atoms with Crippen LogP contribution in [0.15, 0.2) is 29.3 Å². The standard InChI is InChI=1S/C18H28N4O.HI/c1-3-13(2)14-6-8-16(9-7-14)22-18(19)20-12-4-5-17(23)21-15-10-11-15;/h6-9,13,15H,3-5,10-12H2,1-2H3,(H,21,23)(H3,19,20,22);1H. The van der Waals surface area contributed by atoms with Crippen LogP contribution in [-0.4, -0.2) is 24.5 Å². The van der Waals surface area contributed by atoms with E-state index in [0.29, 0.717) is 37.3 Å². The molecule has 1 saturated carbocycles. The highest BCUT2D eigenvalue weighted by atomic mass is 127. The third-order valence-electron chi connectivity index (χ3n) is 4.15. The first-order chi connectivity index (χ1) is 11.1. The molecular formula is C18H29IN4O. The molecule has 0 heterocycles. The Morgan fingerprint density at radius 3 is 2.58 bits per heavy atom. The van der Waals surface area contributed by atoms with E-state index in [1.165, 1.54) is 5.56 Å². The summed E-state index contributed by atoms with van der Waals surface area (Å²) < 4.78 is 0. The number of halogens is 1. The van der Waals surface area contributed by atoms with E-state index in [0.717, 1.165) is 24.9 Å². The second-order valence-corrected chi connectivity index (χ2v) is 6.27. The zero-order chi connectivity index (χ0) is 16.7. The van der Waals surface area contributed by atoms with Crippen molar-refractivity contribution in [3.05, 3.63) is 29.8 Å². The second kappa shape index (κ2) is 10.5. The van der Waals surface area contributed by atoms with Crippen LogP contribution in [-0.2, 0) is 4.79 Å². The number of guanidine groups is 1. The van der Waals surface area contributed by atoms with Crippen LogP contribution in [0, 0.1) is 0 Å². The smallest absolute Gasteiger partial charge is 0.220 e. The Kier molecular flexibility index (Phi) is 9.10. The van der Waals surface area contributed by atoms with Crippen LogP contribution < -0.4 is 16.4 Å². The molecule has 1 atom stereocenters. The maximum atomic E-state index is 11.5. The number of aliphatic imine (C=N–C) groups is 1. The number of nitrogens with two attached hydrogens (primary N) is 1. The summed E-state index contributed by atoms with van der Waals surface area (Å²) in [6, 6.07) is 8.70. The van der Waals surface area contributed by atoms with Crippen LogP contribution in [0.1, 0.15) is 57.4 Å². The number of nitrogens with zero attached hydrogens (tertiary/aromatic N) is 1. The number of carbonyl (C=O) groups is 1. The Labute approximate surface area is 161 Å². The molecule has 2 rings (SSSR count). The van der Waals surface area contributed by atoms with Gasteiger partial charge >= 0.3 is 0 Å². The summed E-state index contributed by atoms with van der Waals surface area (Å²) in [7, 11) is 0. The van der Waals surface area contributed by atoms with Crippen LogP contribution in [0.2, 0.25) is 0 Å². The van der Waals surface area contributed by atoms with Crippen molar-refractivity contribution in [2.75, 3.05) is 11.9 Å². The number of amides is 1. The first-order valence-corrected chi connectivity index (χ1v) is 8.54. The summed E-state index contributed by atoms with van der Waals surface area (Å²) in [5, 5.41) is 6.05. The van der Waals surface area contributed by atoms with Crippen molar-refractivity contribution in [1.82, 2.24) is 5.32 Å². The molecule has 134 valence electrons. The molecule has 0 aliphatic heterocycles. The third kappa shape index (κ3) is 7.51. The van der Waals surface area contributed by atoms with Gasteiger partial charge in [0, 0.05) is 24.7 Å². The molecule has 1 aromatic rings. The maximum Gasteiger partial charge on any atom is 0.220 e. The number of benzene rings is 1. The maximum absolute atomic E-state index is 11.5. The Hall–Kier alpha value is -1.31. The predicted molar refractivity (Wildman–Crippen MR) is 111 cm³/mol. The number of hydrogen-bond acceptors (Lipinski definition) is 2. The van der Waals surface area contributed by atoms with Crippen molar-refractivity contribution >= 4 is 41.5 Å². The van der Waals surface area contributed by atoms with Crippen LogP contribution in [0.5, 0.6) is 0 Å². The van der Waals surface area contributed by atoms with Crippen LogP contribution in [0.25, 0.3) is 0 Å². The lowest BCUT2D eigenvalue weighted by molar-refractivity contribution is -0.121. The van der Waals surface area contributed by atoms with E-state index in [2.05, 4.69) is 41.6 Å². The van der Waals surface area contributed by atoms with Crippen molar-refractivity contribution in [1.29, 1.82) is 0 Å². The molecule has 0 aromatic heterocycles. The van der Waals surface area contributed by atoms with E-state index in [-0.39, 0.29) is 29.9 Å². The highest BCUT2D eigenvalue weighted by Crippen LogP contribution is 2.20. The highest BCUT2D eigenvalue weighted by Gasteiger charge is 2.22. The summed E-state index contributed by atoms with van der Waals surface area (Å²) in [6.07, 6.45) is 4.60. The van der Waals surface area contributed by atoms with Gasteiger partial charge in [-0.15, -0.1) is 24.0 Å². The molecule has 1 aliphatic carbocycles. The number of anilines is 1. The molecule has 0 bridgehead atoms. The van der Waals surface area contributed by atoms with Crippen molar-refractivity contribution in [3.8, 4) is 0 Å². The summed E-state index contributed by atoms with van der Waals surface area (Å²) in [5.74, 6) is 1.08. The minimum Gasteiger partial charge on any atom is -0.370 e. The van der Waals surface area contributed by atoms with Gasteiger partial charge in [0.15, 0.2) is 5.96 Å². The minimum atomic E-state index is 0. The molecule has 5 nitrogen and oxygen atoms in total. The summed E-state index contributed by atoms with van der Waals surface area (Å²) >= 11 is 0. The molecule has 1 aromatic carbocycles. The summed E-state index contributed by atoms with van der Waals surface area (Å²) in [5.41, 5.74) is 8.14. The highest BCUT2D eigenvalue weighted by molar-refractivity contribution is 14.0. The van der Waals surface area contributed by atoms with Gasteiger partial charge in [0.2, 0.25) is 5.91 Å². The first-order valence-electron chi connectivity index (χ1n) is 8.54. The van der Waals surface area contributed by atoms with E-state index >= 15 is 0 Å². The van der Waals surface area contributed by atoms with Gasteiger partial charge in [0.1, 0.15) is 0 Å². The average molecular weight is 444 g/mol. The van der Waals surface area contributed by atoms with Crippen molar-refractivity contribution < 1.29 is 4.79 Å². The normalized spacial score (nSPS) is 15.3. The zero-order valence-corrected chi connectivity index (χ0v) is 16.9. The van der Waals surface area contributed by atoms with Crippen LogP contribution >= 0.6 is 24.0 Å².